The number of carbonyl (C=O) groups is 2. The van der Waals surface area contributed by atoms with Crippen LogP contribution < -0.4 is 19.7 Å². The summed E-state index contributed by atoms with van der Waals surface area (Å²) in [5.74, 6) is -3.75. The standard InChI is InChI=1S/C22H20N2O8S2/c1-13-3-7-15(8-4-13)33(29,30)23-19-11-18(22(27)28)20(12-17(19)21(25)26)24-34(31,32)16-9-5-14(2)6-10-16/h3-12,23-24H,1-2H3,(H,25,26)(H,27,28)/p-2. The molecule has 3 aromatic rings. The summed E-state index contributed by atoms with van der Waals surface area (Å²) in [6.07, 6.45) is 0. The molecular formula is C22H18N2O8S2-2. The number of nitrogens with one attached hydrogen (secondary N) is 2. The van der Waals surface area contributed by atoms with Crippen LogP contribution in [0.15, 0.2) is 70.5 Å². The minimum atomic E-state index is -4.32. The number of carboxylic acid groups (broad SMARTS) is 2. The zero-order valence-corrected chi connectivity index (χ0v) is 19.5. The van der Waals surface area contributed by atoms with Crippen molar-refractivity contribution in [3.05, 3.63) is 82.9 Å². The van der Waals surface area contributed by atoms with E-state index in [2.05, 4.69) is 0 Å². The third kappa shape index (κ3) is 5.35. The zero-order valence-electron chi connectivity index (χ0n) is 17.9. The van der Waals surface area contributed by atoms with Crippen molar-refractivity contribution < 1.29 is 36.6 Å². The predicted molar refractivity (Wildman–Crippen MR) is 119 cm³/mol. The maximum atomic E-state index is 12.7. The molecule has 0 radical (unpaired) electrons. The average molecular weight is 503 g/mol. The van der Waals surface area contributed by atoms with Crippen LogP contribution in [-0.2, 0) is 20.0 Å². The molecule has 0 amide bonds. The van der Waals surface area contributed by atoms with Crippen LogP contribution in [0.1, 0.15) is 31.8 Å². The third-order valence-corrected chi connectivity index (χ3v) is 7.51. The van der Waals surface area contributed by atoms with Crippen LogP contribution in [0.2, 0.25) is 0 Å². The van der Waals surface area contributed by atoms with E-state index in [1.54, 1.807) is 13.8 Å². The van der Waals surface area contributed by atoms with Crippen molar-refractivity contribution in [2.75, 3.05) is 9.44 Å². The van der Waals surface area contributed by atoms with E-state index in [1.807, 2.05) is 9.44 Å². The van der Waals surface area contributed by atoms with E-state index in [0.29, 0.717) is 12.1 Å². The lowest BCUT2D eigenvalue weighted by atomic mass is 10.1. The molecule has 0 aliphatic rings. The van der Waals surface area contributed by atoms with Gasteiger partial charge in [-0.15, -0.1) is 0 Å². The summed E-state index contributed by atoms with van der Waals surface area (Å²) in [7, 11) is -8.63. The molecule has 0 saturated carbocycles. The SMILES string of the molecule is Cc1ccc(S(=O)(=O)Nc2cc(C(=O)[O-])c(NS(=O)(=O)c3ccc(C)cc3)cc2C(=O)[O-])cc1. The molecule has 0 aliphatic carbocycles. The molecule has 10 nitrogen and oxygen atoms in total. The highest BCUT2D eigenvalue weighted by Crippen LogP contribution is 2.29. The fourth-order valence-corrected chi connectivity index (χ4v) is 5.09. The Morgan fingerprint density at radius 1 is 0.618 bits per heavy atom. The molecule has 0 unspecified atom stereocenters. The average Bonchev–Trinajstić information content (AvgIpc) is 2.74. The first-order chi connectivity index (χ1) is 15.8. The van der Waals surface area contributed by atoms with E-state index >= 15 is 0 Å². The molecule has 3 aromatic carbocycles. The summed E-state index contributed by atoms with van der Waals surface area (Å²) in [6, 6.07) is 12.5. The van der Waals surface area contributed by atoms with Gasteiger partial charge in [0.1, 0.15) is 0 Å². The maximum absolute atomic E-state index is 12.7. The number of carbonyl (C=O) groups excluding carboxylic acids is 2. The number of hydrogen-bond acceptors (Lipinski definition) is 8. The molecule has 0 saturated heterocycles. The minimum absolute atomic E-state index is 0.207. The van der Waals surface area contributed by atoms with Gasteiger partial charge in [0.2, 0.25) is 0 Å². The lowest BCUT2D eigenvalue weighted by Gasteiger charge is -2.20. The summed E-state index contributed by atoms with van der Waals surface area (Å²) in [4.78, 5) is 23.0. The number of carboxylic acids is 2. The molecule has 178 valence electrons. The number of benzene rings is 3. The topological polar surface area (TPSA) is 173 Å². The fourth-order valence-electron chi connectivity index (χ4n) is 2.95. The van der Waals surface area contributed by atoms with E-state index in [9.17, 15) is 36.6 Å². The van der Waals surface area contributed by atoms with Gasteiger partial charge in [-0.1, -0.05) is 35.4 Å². The molecule has 0 fully saturated rings. The Morgan fingerprint density at radius 3 is 1.18 bits per heavy atom. The Labute approximate surface area is 196 Å². The lowest BCUT2D eigenvalue weighted by Crippen LogP contribution is -2.29. The van der Waals surface area contributed by atoms with Gasteiger partial charge in [0.15, 0.2) is 0 Å². The third-order valence-electron chi connectivity index (χ3n) is 4.75. The highest BCUT2D eigenvalue weighted by molar-refractivity contribution is 7.93. The van der Waals surface area contributed by atoms with Crippen molar-refractivity contribution in [2.45, 2.75) is 23.6 Å². The Hall–Kier alpha value is -3.90. The summed E-state index contributed by atoms with van der Waals surface area (Å²) in [5.41, 5.74) is -1.31. The van der Waals surface area contributed by atoms with Gasteiger partial charge in [0.05, 0.1) is 33.1 Å². The van der Waals surface area contributed by atoms with Crippen molar-refractivity contribution in [3.63, 3.8) is 0 Å². The zero-order chi connectivity index (χ0) is 25.3. The van der Waals surface area contributed by atoms with Gasteiger partial charge in [-0.3, -0.25) is 9.44 Å². The first-order valence-corrected chi connectivity index (χ1v) is 12.6. The monoisotopic (exact) mass is 502 g/mol. The summed E-state index contributed by atoms with van der Waals surface area (Å²) in [5, 5.41) is 23.4. The van der Waals surface area contributed by atoms with E-state index < -0.39 is 54.5 Å². The second kappa shape index (κ2) is 9.15. The van der Waals surface area contributed by atoms with Crippen LogP contribution in [0, 0.1) is 13.8 Å². The van der Waals surface area contributed by atoms with Crippen LogP contribution in [0.25, 0.3) is 0 Å². The Bertz CT molecular complexity index is 1360. The van der Waals surface area contributed by atoms with Crippen LogP contribution in [0.4, 0.5) is 11.4 Å². The Balaban J connectivity index is 2.09. The van der Waals surface area contributed by atoms with E-state index in [-0.39, 0.29) is 9.79 Å². The van der Waals surface area contributed by atoms with Crippen molar-refractivity contribution in [1.82, 2.24) is 0 Å². The van der Waals surface area contributed by atoms with Gasteiger partial charge in [0, 0.05) is 11.1 Å². The number of hydrogen-bond donors (Lipinski definition) is 2. The van der Waals surface area contributed by atoms with Crippen LogP contribution >= 0.6 is 0 Å². The van der Waals surface area contributed by atoms with Gasteiger partial charge in [-0.05, 0) is 50.2 Å². The fraction of sp³-hybridized carbons (Fsp3) is 0.0909. The quantitative estimate of drug-likeness (QED) is 0.451. The van der Waals surface area contributed by atoms with E-state index in [4.69, 9.17) is 0 Å². The normalized spacial score (nSPS) is 11.6. The van der Waals surface area contributed by atoms with E-state index in [0.717, 1.165) is 11.1 Å². The summed E-state index contributed by atoms with van der Waals surface area (Å²) < 4.78 is 54.8. The number of anilines is 2. The molecule has 0 atom stereocenters. The number of rotatable bonds is 8. The summed E-state index contributed by atoms with van der Waals surface area (Å²) >= 11 is 0. The molecule has 0 bridgehead atoms. The van der Waals surface area contributed by atoms with Gasteiger partial charge in [0.25, 0.3) is 20.0 Å². The van der Waals surface area contributed by atoms with E-state index in [1.165, 1.54) is 48.5 Å². The van der Waals surface area contributed by atoms with Crippen LogP contribution in [-0.4, -0.2) is 28.8 Å². The van der Waals surface area contributed by atoms with Crippen LogP contribution in [0.5, 0.6) is 0 Å². The van der Waals surface area contributed by atoms with Crippen molar-refractivity contribution >= 4 is 43.4 Å². The lowest BCUT2D eigenvalue weighted by molar-refractivity contribution is -0.256. The molecule has 0 aliphatic heterocycles. The minimum Gasteiger partial charge on any atom is -0.545 e. The highest BCUT2D eigenvalue weighted by atomic mass is 32.2. The number of sulfonamides is 2. The van der Waals surface area contributed by atoms with Gasteiger partial charge in [-0.25, -0.2) is 16.8 Å². The highest BCUT2D eigenvalue weighted by Gasteiger charge is 2.22. The molecule has 12 heteroatoms. The van der Waals surface area contributed by atoms with Gasteiger partial charge >= 0.3 is 0 Å². The summed E-state index contributed by atoms with van der Waals surface area (Å²) in [6.45, 7) is 3.47. The number of aromatic carboxylic acids is 2. The molecular weight excluding hydrogens is 484 g/mol. The second-order valence-corrected chi connectivity index (χ2v) is 10.7. The predicted octanol–water partition coefficient (Wildman–Crippen LogP) is 0.632. The molecule has 0 aromatic heterocycles. The first kappa shape index (κ1) is 24.7. The molecule has 3 rings (SSSR count). The van der Waals surface area contributed by atoms with Gasteiger partial charge < -0.3 is 19.8 Å². The molecule has 0 heterocycles. The maximum Gasteiger partial charge on any atom is 0.261 e. The van der Waals surface area contributed by atoms with Gasteiger partial charge in [-0.2, -0.15) is 0 Å². The Kier molecular flexibility index (Phi) is 6.66. The van der Waals surface area contributed by atoms with Crippen molar-refractivity contribution in [2.24, 2.45) is 0 Å². The van der Waals surface area contributed by atoms with Crippen molar-refractivity contribution in [3.8, 4) is 0 Å². The van der Waals surface area contributed by atoms with Crippen LogP contribution in [0.3, 0.4) is 0 Å². The largest absolute Gasteiger partial charge is 0.545 e. The second-order valence-electron chi connectivity index (χ2n) is 7.36. The Morgan fingerprint density at radius 2 is 0.912 bits per heavy atom. The number of aryl methyl sites for hydroxylation is 2. The first-order valence-electron chi connectivity index (χ1n) is 9.60. The smallest absolute Gasteiger partial charge is 0.261 e. The molecule has 34 heavy (non-hydrogen) atoms. The molecule has 0 spiro atoms. The van der Waals surface area contributed by atoms with Crippen molar-refractivity contribution in [1.29, 1.82) is 0 Å². The molecule has 2 N–H and O–H groups in total.